The van der Waals surface area contributed by atoms with Gasteiger partial charge < -0.3 is 5.73 Å². The second kappa shape index (κ2) is 3.37. The van der Waals surface area contributed by atoms with Crippen LogP contribution in [0.3, 0.4) is 0 Å². The normalized spacial score (nSPS) is 12.1. The fraction of sp³-hybridized carbons (Fsp3) is 0.250. The van der Waals surface area contributed by atoms with Crippen molar-refractivity contribution in [1.82, 2.24) is 4.98 Å². The van der Waals surface area contributed by atoms with Crippen molar-refractivity contribution in [2.45, 2.75) is 13.8 Å². The van der Waals surface area contributed by atoms with Crippen molar-refractivity contribution in [1.29, 1.82) is 5.26 Å². The number of aromatic nitrogens is 1. The Morgan fingerprint density at radius 2 is 2.42 bits per heavy atom. The Morgan fingerprint density at radius 1 is 1.75 bits per heavy atom. The maximum Gasteiger partial charge on any atom is 0.103 e. The van der Waals surface area contributed by atoms with E-state index in [0.29, 0.717) is 17.0 Å². The molecule has 0 amide bonds. The molecular formula is C8H9N3S. The highest BCUT2D eigenvalue weighted by molar-refractivity contribution is 7.09. The average Bonchev–Trinajstić information content (AvgIpc) is 2.37. The summed E-state index contributed by atoms with van der Waals surface area (Å²) in [5.74, 6) is 0. The zero-order chi connectivity index (χ0) is 9.14. The minimum atomic E-state index is 0.472. The van der Waals surface area contributed by atoms with Crippen LogP contribution in [-0.4, -0.2) is 4.98 Å². The largest absolute Gasteiger partial charge is 0.401 e. The molecule has 0 aliphatic rings. The van der Waals surface area contributed by atoms with Crippen molar-refractivity contribution in [2.75, 3.05) is 0 Å². The van der Waals surface area contributed by atoms with E-state index in [1.54, 1.807) is 6.92 Å². The molecule has 0 atom stereocenters. The van der Waals surface area contributed by atoms with Crippen LogP contribution in [0, 0.1) is 18.3 Å². The van der Waals surface area contributed by atoms with Crippen molar-refractivity contribution < 1.29 is 0 Å². The smallest absolute Gasteiger partial charge is 0.103 e. The Morgan fingerprint density at radius 3 is 2.75 bits per heavy atom. The van der Waals surface area contributed by atoms with E-state index in [4.69, 9.17) is 11.0 Å². The number of aryl methyl sites for hydroxylation is 1. The first-order valence-corrected chi connectivity index (χ1v) is 4.32. The summed E-state index contributed by atoms with van der Waals surface area (Å²) >= 11 is 1.51. The third-order valence-electron chi connectivity index (χ3n) is 1.38. The van der Waals surface area contributed by atoms with Crippen molar-refractivity contribution in [2.24, 2.45) is 5.73 Å². The van der Waals surface area contributed by atoms with Crippen molar-refractivity contribution in [3.63, 3.8) is 0 Å². The molecular weight excluding hydrogens is 170 g/mol. The van der Waals surface area contributed by atoms with Gasteiger partial charge in [0, 0.05) is 11.1 Å². The predicted molar refractivity (Wildman–Crippen MR) is 49.2 cm³/mol. The monoisotopic (exact) mass is 179 g/mol. The first-order chi connectivity index (χ1) is 5.65. The third-order valence-corrected chi connectivity index (χ3v) is 2.15. The van der Waals surface area contributed by atoms with Crippen molar-refractivity contribution in [3.8, 4) is 6.07 Å². The number of allylic oxidation sites excluding steroid dienone is 2. The predicted octanol–water partition coefficient (Wildman–Crippen LogP) is 1.66. The first kappa shape index (κ1) is 8.75. The zero-order valence-electron chi connectivity index (χ0n) is 6.96. The highest BCUT2D eigenvalue weighted by Gasteiger charge is 2.06. The number of nitrogens with zero attached hydrogens (tertiary/aromatic N) is 2. The lowest BCUT2D eigenvalue weighted by Gasteiger charge is -1.94. The molecule has 4 heteroatoms. The molecule has 3 nitrogen and oxygen atoms in total. The van der Waals surface area contributed by atoms with Crippen LogP contribution in [0.15, 0.2) is 11.1 Å². The number of thiazole rings is 1. The van der Waals surface area contributed by atoms with E-state index in [-0.39, 0.29) is 0 Å². The molecule has 1 aromatic rings. The second-order valence-corrected chi connectivity index (χ2v) is 3.48. The Hall–Kier alpha value is -1.34. The number of hydrogen-bond donors (Lipinski definition) is 1. The summed E-state index contributed by atoms with van der Waals surface area (Å²) in [7, 11) is 0. The van der Waals surface area contributed by atoms with Crippen LogP contribution in [0.4, 0.5) is 0 Å². The maximum atomic E-state index is 8.74. The summed E-state index contributed by atoms with van der Waals surface area (Å²) in [6.45, 7) is 3.60. The lowest BCUT2D eigenvalue weighted by atomic mass is 10.2. The number of rotatable bonds is 1. The first-order valence-electron chi connectivity index (χ1n) is 3.44. The standard InChI is InChI=1S/C8H9N3S/c1-5(10)7(3-9)8-4-12-6(2)11-8/h4H,10H2,1-2H3/b7-5+. The van der Waals surface area contributed by atoms with E-state index in [0.717, 1.165) is 5.01 Å². The quantitative estimate of drug-likeness (QED) is 0.667. The number of hydrogen-bond acceptors (Lipinski definition) is 4. The summed E-state index contributed by atoms with van der Waals surface area (Å²) in [6.07, 6.45) is 0. The SMILES string of the molecule is C/C(N)=C(/C#N)c1csc(C)n1. The summed E-state index contributed by atoms with van der Waals surface area (Å²) in [5.41, 5.74) is 7.18. The molecule has 1 aromatic heterocycles. The lowest BCUT2D eigenvalue weighted by Crippen LogP contribution is -1.96. The molecule has 0 saturated heterocycles. The van der Waals surface area contributed by atoms with E-state index >= 15 is 0 Å². The molecule has 0 saturated carbocycles. The van der Waals surface area contributed by atoms with Crippen molar-refractivity contribution >= 4 is 16.9 Å². The summed E-state index contributed by atoms with van der Waals surface area (Å²) in [6, 6.07) is 2.03. The highest BCUT2D eigenvalue weighted by atomic mass is 32.1. The Labute approximate surface area is 75.2 Å². The van der Waals surface area contributed by atoms with Gasteiger partial charge in [0.1, 0.15) is 6.07 Å². The topological polar surface area (TPSA) is 62.7 Å². The molecule has 0 radical (unpaired) electrons. The average molecular weight is 179 g/mol. The molecule has 62 valence electrons. The minimum Gasteiger partial charge on any atom is -0.401 e. The summed E-state index contributed by atoms with van der Waals surface area (Å²) in [4.78, 5) is 4.16. The van der Waals surface area contributed by atoms with Crippen LogP contribution in [0.1, 0.15) is 17.6 Å². The zero-order valence-corrected chi connectivity index (χ0v) is 7.77. The Kier molecular flexibility index (Phi) is 2.46. The van der Waals surface area contributed by atoms with Crippen LogP contribution in [-0.2, 0) is 0 Å². The molecule has 0 fully saturated rings. The highest BCUT2D eigenvalue weighted by Crippen LogP contribution is 2.17. The molecule has 0 unspecified atom stereocenters. The van der Waals surface area contributed by atoms with E-state index in [1.807, 2.05) is 18.4 Å². The lowest BCUT2D eigenvalue weighted by molar-refractivity contribution is 1.23. The fourth-order valence-electron chi connectivity index (χ4n) is 0.826. The van der Waals surface area contributed by atoms with Crippen molar-refractivity contribution in [3.05, 3.63) is 21.8 Å². The van der Waals surface area contributed by atoms with E-state index in [9.17, 15) is 0 Å². The molecule has 0 aliphatic heterocycles. The molecule has 12 heavy (non-hydrogen) atoms. The van der Waals surface area contributed by atoms with Gasteiger partial charge in [-0.1, -0.05) is 0 Å². The second-order valence-electron chi connectivity index (χ2n) is 2.42. The molecule has 0 bridgehead atoms. The molecule has 1 heterocycles. The van der Waals surface area contributed by atoms with Gasteiger partial charge in [-0.2, -0.15) is 5.26 Å². The van der Waals surface area contributed by atoms with Crippen LogP contribution in [0.5, 0.6) is 0 Å². The minimum absolute atomic E-state index is 0.472. The Bertz CT molecular complexity index is 353. The van der Waals surface area contributed by atoms with Crippen LogP contribution < -0.4 is 5.73 Å². The molecule has 0 aromatic carbocycles. The van der Waals surface area contributed by atoms with E-state index < -0.39 is 0 Å². The maximum absolute atomic E-state index is 8.74. The van der Waals surface area contributed by atoms with E-state index in [1.165, 1.54) is 11.3 Å². The van der Waals surface area contributed by atoms with Crippen LogP contribution in [0.2, 0.25) is 0 Å². The van der Waals surface area contributed by atoms with Gasteiger partial charge in [0.15, 0.2) is 0 Å². The third kappa shape index (κ3) is 1.63. The van der Waals surface area contributed by atoms with Gasteiger partial charge in [0.2, 0.25) is 0 Å². The van der Waals surface area contributed by atoms with Gasteiger partial charge in [-0.25, -0.2) is 4.98 Å². The molecule has 1 rings (SSSR count). The van der Waals surface area contributed by atoms with Crippen LogP contribution >= 0.6 is 11.3 Å². The van der Waals surface area contributed by atoms with Crippen LogP contribution in [0.25, 0.3) is 5.57 Å². The molecule has 0 aliphatic carbocycles. The van der Waals surface area contributed by atoms with E-state index in [2.05, 4.69) is 4.98 Å². The Balaban J connectivity index is 3.15. The number of nitrogens with two attached hydrogens (primary N) is 1. The van der Waals surface area contributed by atoms with Gasteiger partial charge in [0.25, 0.3) is 0 Å². The molecule has 2 N–H and O–H groups in total. The number of nitriles is 1. The summed E-state index contributed by atoms with van der Waals surface area (Å²) < 4.78 is 0. The molecule has 0 spiro atoms. The van der Waals surface area contributed by atoms with Gasteiger partial charge >= 0.3 is 0 Å². The fourth-order valence-corrected chi connectivity index (χ4v) is 1.43. The van der Waals surface area contributed by atoms with Gasteiger partial charge in [-0.05, 0) is 13.8 Å². The summed E-state index contributed by atoms with van der Waals surface area (Å²) in [5, 5.41) is 11.5. The van der Waals surface area contributed by atoms with Gasteiger partial charge in [-0.3, -0.25) is 0 Å². The van der Waals surface area contributed by atoms with Gasteiger partial charge in [0.05, 0.1) is 16.3 Å². The van der Waals surface area contributed by atoms with Gasteiger partial charge in [-0.15, -0.1) is 11.3 Å².